The number of amides is 1. The molecule has 0 spiro atoms. The van der Waals surface area contributed by atoms with Gasteiger partial charge in [-0.1, -0.05) is 29.8 Å². The summed E-state index contributed by atoms with van der Waals surface area (Å²) in [5, 5.41) is 5.02. The molecule has 0 fully saturated rings. The molecule has 2 aromatic carbocycles. The minimum atomic E-state index is -3.36. The molecule has 0 saturated carbocycles. The summed E-state index contributed by atoms with van der Waals surface area (Å²) >= 11 is 5.91. The number of nitrogens with zero attached hydrogens (tertiary/aromatic N) is 3. The summed E-state index contributed by atoms with van der Waals surface area (Å²) in [5.74, 6) is -0.295. The zero-order valence-electron chi connectivity index (χ0n) is 15.0. The van der Waals surface area contributed by atoms with Crippen LogP contribution in [0.15, 0.2) is 59.5 Å². The van der Waals surface area contributed by atoms with Gasteiger partial charge >= 0.3 is 0 Å². The van der Waals surface area contributed by atoms with Gasteiger partial charge in [0.05, 0.1) is 10.6 Å². The highest BCUT2D eigenvalue weighted by Gasteiger charge is 2.20. The van der Waals surface area contributed by atoms with Gasteiger partial charge in [0.15, 0.2) is 9.84 Å². The van der Waals surface area contributed by atoms with Crippen LogP contribution in [0, 0.1) is 0 Å². The maximum Gasteiger partial charge on any atom is 0.276 e. The Morgan fingerprint density at radius 2 is 1.78 bits per heavy atom. The minimum Gasteiger partial charge on any atom is -0.310 e. The second kappa shape index (κ2) is 7.17. The maximum atomic E-state index is 12.9. The molecular weight excluding hydrogens is 386 g/mol. The number of aryl methyl sites for hydroxylation is 1. The van der Waals surface area contributed by atoms with E-state index in [1.165, 1.54) is 21.7 Å². The van der Waals surface area contributed by atoms with Gasteiger partial charge < -0.3 is 4.90 Å². The summed E-state index contributed by atoms with van der Waals surface area (Å²) in [7, 11) is -0.0753. The van der Waals surface area contributed by atoms with Crippen LogP contribution in [-0.2, 0) is 16.9 Å². The summed E-state index contributed by atoms with van der Waals surface area (Å²) in [6, 6.07) is 15.1. The van der Waals surface area contributed by atoms with Crippen LogP contribution in [0.3, 0.4) is 0 Å². The van der Waals surface area contributed by atoms with E-state index in [2.05, 4.69) is 5.10 Å². The molecule has 0 saturated heterocycles. The average Bonchev–Trinajstić information content (AvgIpc) is 3.02. The molecule has 1 heterocycles. The third-order valence-electron chi connectivity index (χ3n) is 4.18. The number of hydrogen-bond donors (Lipinski definition) is 0. The third-order valence-corrected chi connectivity index (χ3v) is 5.54. The van der Waals surface area contributed by atoms with Crippen LogP contribution in [0.25, 0.3) is 11.3 Å². The Morgan fingerprint density at radius 3 is 2.41 bits per heavy atom. The van der Waals surface area contributed by atoms with E-state index in [0.29, 0.717) is 22.1 Å². The largest absolute Gasteiger partial charge is 0.310 e. The second-order valence-corrected chi connectivity index (χ2v) is 8.63. The highest BCUT2D eigenvalue weighted by Crippen LogP contribution is 2.24. The molecule has 0 aliphatic carbocycles. The van der Waals surface area contributed by atoms with Gasteiger partial charge in [0.1, 0.15) is 5.69 Å². The van der Waals surface area contributed by atoms with Crippen LogP contribution >= 0.6 is 11.6 Å². The van der Waals surface area contributed by atoms with Gasteiger partial charge in [-0.05, 0) is 36.4 Å². The topological polar surface area (TPSA) is 72.3 Å². The maximum absolute atomic E-state index is 12.9. The fourth-order valence-corrected chi connectivity index (χ4v) is 3.43. The molecule has 3 rings (SSSR count). The monoisotopic (exact) mass is 403 g/mol. The van der Waals surface area contributed by atoms with Crippen molar-refractivity contribution in [2.24, 2.45) is 7.05 Å². The van der Waals surface area contributed by atoms with Crippen molar-refractivity contribution in [3.63, 3.8) is 0 Å². The van der Waals surface area contributed by atoms with E-state index in [-0.39, 0.29) is 10.8 Å². The molecule has 1 aromatic heterocycles. The molecule has 0 N–H and O–H groups in total. The van der Waals surface area contributed by atoms with Crippen molar-refractivity contribution in [1.29, 1.82) is 0 Å². The van der Waals surface area contributed by atoms with Crippen molar-refractivity contribution < 1.29 is 13.2 Å². The standard InChI is InChI=1S/C19H18ClN3O3S/c1-22(15-5-4-6-16(11-15)27(3,25)26)19(24)18-12-17(21-23(18)2)13-7-9-14(20)10-8-13/h4-12H,1-3H3. The summed E-state index contributed by atoms with van der Waals surface area (Å²) in [4.78, 5) is 14.5. The van der Waals surface area contributed by atoms with Crippen molar-refractivity contribution >= 4 is 33.0 Å². The van der Waals surface area contributed by atoms with E-state index in [1.807, 2.05) is 12.1 Å². The van der Waals surface area contributed by atoms with Crippen LogP contribution in [-0.4, -0.2) is 37.4 Å². The Labute approximate surface area is 162 Å². The molecule has 140 valence electrons. The fourth-order valence-electron chi connectivity index (χ4n) is 2.64. The number of anilines is 1. The molecule has 3 aromatic rings. The third kappa shape index (κ3) is 4.04. The van der Waals surface area contributed by atoms with Crippen LogP contribution in [0.2, 0.25) is 5.02 Å². The molecule has 8 heteroatoms. The van der Waals surface area contributed by atoms with Crippen LogP contribution < -0.4 is 4.90 Å². The Morgan fingerprint density at radius 1 is 1.11 bits per heavy atom. The normalized spacial score (nSPS) is 11.4. The lowest BCUT2D eigenvalue weighted by Crippen LogP contribution is -2.28. The number of hydrogen-bond acceptors (Lipinski definition) is 4. The second-order valence-electron chi connectivity index (χ2n) is 6.18. The summed E-state index contributed by atoms with van der Waals surface area (Å²) in [6.07, 6.45) is 1.13. The van der Waals surface area contributed by atoms with Crippen molar-refractivity contribution in [3.05, 3.63) is 65.3 Å². The molecule has 0 aliphatic heterocycles. The number of carbonyl (C=O) groups is 1. The van der Waals surface area contributed by atoms with Crippen LogP contribution in [0.1, 0.15) is 10.5 Å². The van der Waals surface area contributed by atoms with Crippen LogP contribution in [0.5, 0.6) is 0 Å². The van der Waals surface area contributed by atoms with Crippen molar-refractivity contribution in [3.8, 4) is 11.3 Å². The summed E-state index contributed by atoms with van der Waals surface area (Å²) in [5.41, 5.74) is 2.36. The number of rotatable bonds is 4. The van der Waals surface area contributed by atoms with Crippen molar-refractivity contribution in [2.45, 2.75) is 4.90 Å². The number of aromatic nitrogens is 2. The van der Waals surface area contributed by atoms with Gasteiger partial charge in [0.2, 0.25) is 0 Å². The summed E-state index contributed by atoms with van der Waals surface area (Å²) < 4.78 is 25.0. The lowest BCUT2D eigenvalue weighted by atomic mass is 10.1. The van der Waals surface area contributed by atoms with Crippen LogP contribution in [0.4, 0.5) is 5.69 Å². The van der Waals surface area contributed by atoms with E-state index in [4.69, 9.17) is 11.6 Å². The lowest BCUT2D eigenvalue weighted by molar-refractivity contribution is 0.0984. The first kappa shape index (κ1) is 19.1. The zero-order chi connectivity index (χ0) is 19.8. The van der Waals surface area contributed by atoms with Gasteiger partial charge in [-0.25, -0.2) is 8.42 Å². The van der Waals surface area contributed by atoms with Gasteiger partial charge in [0, 0.05) is 36.6 Å². The zero-order valence-corrected chi connectivity index (χ0v) is 16.6. The first-order chi connectivity index (χ1) is 12.7. The van der Waals surface area contributed by atoms with E-state index in [9.17, 15) is 13.2 Å². The van der Waals surface area contributed by atoms with Crippen molar-refractivity contribution in [1.82, 2.24) is 9.78 Å². The molecular formula is C19H18ClN3O3S. The van der Waals surface area contributed by atoms with Gasteiger partial charge in [-0.3, -0.25) is 9.48 Å². The van der Waals surface area contributed by atoms with E-state index >= 15 is 0 Å². The molecule has 0 unspecified atom stereocenters. The smallest absolute Gasteiger partial charge is 0.276 e. The minimum absolute atomic E-state index is 0.159. The number of halogens is 1. The molecule has 0 radical (unpaired) electrons. The Hall–Kier alpha value is -2.64. The highest BCUT2D eigenvalue weighted by atomic mass is 35.5. The predicted molar refractivity (Wildman–Crippen MR) is 106 cm³/mol. The first-order valence-corrected chi connectivity index (χ1v) is 10.3. The molecule has 6 nitrogen and oxygen atoms in total. The SMILES string of the molecule is CN(C(=O)c1cc(-c2ccc(Cl)cc2)nn1C)c1cccc(S(C)(=O)=O)c1. The van der Waals surface area contributed by atoms with Gasteiger partial charge in [-0.2, -0.15) is 5.10 Å². The van der Waals surface area contributed by atoms with Gasteiger partial charge in [-0.15, -0.1) is 0 Å². The number of carbonyl (C=O) groups excluding carboxylic acids is 1. The number of benzene rings is 2. The Balaban J connectivity index is 1.93. The van der Waals surface area contributed by atoms with E-state index in [1.54, 1.807) is 44.4 Å². The molecule has 27 heavy (non-hydrogen) atoms. The quantitative estimate of drug-likeness (QED) is 0.669. The molecule has 0 aliphatic rings. The fraction of sp³-hybridized carbons (Fsp3) is 0.158. The van der Waals surface area contributed by atoms with E-state index in [0.717, 1.165) is 11.8 Å². The molecule has 0 bridgehead atoms. The average molecular weight is 404 g/mol. The Bertz CT molecular complexity index is 1110. The highest BCUT2D eigenvalue weighted by molar-refractivity contribution is 7.90. The molecule has 1 amide bonds. The lowest BCUT2D eigenvalue weighted by Gasteiger charge is -2.17. The predicted octanol–water partition coefficient (Wildman–Crippen LogP) is 3.42. The first-order valence-electron chi connectivity index (χ1n) is 8.05. The Kier molecular flexibility index (Phi) is 5.08. The van der Waals surface area contributed by atoms with Crippen molar-refractivity contribution in [2.75, 3.05) is 18.2 Å². The molecule has 0 atom stereocenters. The van der Waals surface area contributed by atoms with Gasteiger partial charge in [0.25, 0.3) is 5.91 Å². The van der Waals surface area contributed by atoms with E-state index < -0.39 is 9.84 Å². The number of sulfone groups is 1. The summed E-state index contributed by atoms with van der Waals surface area (Å²) in [6.45, 7) is 0.